The number of nitrogens with zero attached hydrogens (tertiary/aromatic N) is 3. The van der Waals surface area contributed by atoms with Gasteiger partial charge in [0.2, 0.25) is 5.13 Å². The summed E-state index contributed by atoms with van der Waals surface area (Å²) < 4.78 is 39.6. The van der Waals surface area contributed by atoms with Crippen molar-refractivity contribution in [3.63, 3.8) is 0 Å². The van der Waals surface area contributed by atoms with Crippen LogP contribution in [0.2, 0.25) is 0 Å². The highest BCUT2D eigenvalue weighted by Crippen LogP contribution is 2.45. The molecule has 6 rings (SSSR count). The zero-order chi connectivity index (χ0) is 32.9. The molecule has 1 aliphatic heterocycles. The lowest BCUT2D eigenvalue weighted by Crippen LogP contribution is -2.29. The Hall–Kier alpha value is -5.07. The van der Waals surface area contributed by atoms with Gasteiger partial charge in [-0.3, -0.25) is 14.5 Å². The highest BCUT2D eigenvalue weighted by Gasteiger charge is 2.48. The van der Waals surface area contributed by atoms with Crippen molar-refractivity contribution < 1.29 is 33.0 Å². The number of Topliss-reactive ketones (excluding diaryl/α,β-unsaturated/α-hetero) is 1. The second kappa shape index (κ2) is 14.1. The smallest absolute Gasteiger partial charge is 0.301 e. The molecule has 0 bridgehead atoms. The molecule has 8 nitrogen and oxygen atoms in total. The lowest BCUT2D eigenvalue weighted by Gasteiger charge is -2.23. The van der Waals surface area contributed by atoms with Crippen LogP contribution in [-0.2, 0) is 21.9 Å². The predicted octanol–water partition coefficient (Wildman–Crippen LogP) is 7.71. The average Bonchev–Trinajstić information content (AvgIpc) is 3.66. The van der Waals surface area contributed by atoms with Crippen LogP contribution in [0, 0.1) is 11.6 Å². The van der Waals surface area contributed by atoms with Gasteiger partial charge in [0.15, 0.2) is 15.8 Å². The van der Waals surface area contributed by atoms with Crippen LogP contribution in [-0.4, -0.2) is 33.6 Å². The number of hydrogen-bond donors (Lipinski definition) is 1. The number of carbonyl (C=O) groups is 2. The van der Waals surface area contributed by atoms with Crippen LogP contribution < -0.4 is 14.4 Å². The number of ether oxygens (including phenoxy) is 2. The normalized spacial score (nSPS) is 15.6. The van der Waals surface area contributed by atoms with Gasteiger partial charge in [-0.1, -0.05) is 71.6 Å². The molecule has 4 aromatic carbocycles. The number of rotatable bonds is 11. The number of amides is 1. The first-order valence-corrected chi connectivity index (χ1v) is 16.3. The van der Waals surface area contributed by atoms with E-state index >= 15 is 0 Å². The number of ketones is 1. The summed E-state index contributed by atoms with van der Waals surface area (Å²) in [7, 11) is 0. The molecule has 238 valence electrons. The van der Waals surface area contributed by atoms with Crippen LogP contribution in [0.5, 0.6) is 11.5 Å². The molecule has 1 atom stereocenters. The zero-order valence-corrected chi connectivity index (χ0v) is 26.6. The fraction of sp³-hybridized carbons (Fsp3) is 0.143. The van der Waals surface area contributed by atoms with Gasteiger partial charge in [0.25, 0.3) is 5.78 Å². The Morgan fingerprint density at radius 3 is 2.28 bits per heavy atom. The van der Waals surface area contributed by atoms with Crippen molar-refractivity contribution in [1.29, 1.82) is 0 Å². The van der Waals surface area contributed by atoms with E-state index in [1.807, 2.05) is 37.3 Å². The van der Waals surface area contributed by atoms with Gasteiger partial charge in [-0.25, -0.2) is 8.78 Å². The van der Waals surface area contributed by atoms with E-state index in [-0.39, 0.29) is 28.7 Å². The molecule has 2 heterocycles. The van der Waals surface area contributed by atoms with Crippen molar-refractivity contribution in [2.45, 2.75) is 29.7 Å². The van der Waals surface area contributed by atoms with Gasteiger partial charge < -0.3 is 14.6 Å². The molecule has 1 unspecified atom stereocenters. The van der Waals surface area contributed by atoms with Crippen LogP contribution in [0.1, 0.15) is 35.2 Å². The van der Waals surface area contributed by atoms with Crippen molar-refractivity contribution in [1.82, 2.24) is 10.2 Å². The quantitative estimate of drug-likeness (QED) is 0.0501. The standard InChI is InChI=1S/C35H27F2N3O5S2/c1-2-44-28-18-24(12-17-27(28)45-19-21-6-4-3-5-7-21)30-29(31(41)23-10-15-26(37)16-11-23)32(42)33(43)40(30)34-38-39-35(47-34)46-20-22-8-13-25(36)14-9-22/h3-18,30,41H,2,19-20H2,1H3/b31-29+. The maximum Gasteiger partial charge on any atom is 0.301 e. The third-order valence-electron chi connectivity index (χ3n) is 7.26. The van der Waals surface area contributed by atoms with E-state index in [4.69, 9.17) is 9.47 Å². The van der Waals surface area contributed by atoms with E-state index in [2.05, 4.69) is 10.2 Å². The minimum atomic E-state index is -1.12. The zero-order valence-electron chi connectivity index (χ0n) is 24.9. The number of halogens is 2. The third-order valence-corrected chi connectivity index (χ3v) is 9.39. The van der Waals surface area contributed by atoms with Crippen LogP contribution in [0.3, 0.4) is 0 Å². The van der Waals surface area contributed by atoms with E-state index in [0.717, 1.165) is 34.6 Å². The Bertz CT molecular complexity index is 1930. The first-order valence-electron chi connectivity index (χ1n) is 14.5. The molecule has 0 aliphatic carbocycles. The Morgan fingerprint density at radius 2 is 1.57 bits per heavy atom. The van der Waals surface area contributed by atoms with Gasteiger partial charge in [0.05, 0.1) is 18.2 Å². The van der Waals surface area contributed by atoms with Crippen molar-refractivity contribution in [2.75, 3.05) is 11.5 Å². The van der Waals surface area contributed by atoms with Crippen LogP contribution in [0.4, 0.5) is 13.9 Å². The van der Waals surface area contributed by atoms with Crippen LogP contribution >= 0.6 is 23.1 Å². The van der Waals surface area contributed by atoms with Crippen molar-refractivity contribution in [3.05, 3.63) is 137 Å². The first kappa shape index (κ1) is 31.9. The maximum absolute atomic E-state index is 13.7. The fourth-order valence-corrected chi connectivity index (χ4v) is 6.83. The summed E-state index contributed by atoms with van der Waals surface area (Å²) in [6.45, 7) is 2.42. The molecule has 1 aliphatic rings. The number of carbonyl (C=O) groups excluding carboxylic acids is 2. The summed E-state index contributed by atoms with van der Waals surface area (Å²) in [5.74, 6) is -1.87. The Labute approximate surface area is 277 Å². The fourth-order valence-electron chi connectivity index (χ4n) is 5.01. The van der Waals surface area contributed by atoms with Crippen LogP contribution in [0.25, 0.3) is 5.76 Å². The van der Waals surface area contributed by atoms with Crippen molar-refractivity contribution in [2.24, 2.45) is 0 Å². The summed E-state index contributed by atoms with van der Waals surface area (Å²) in [6, 6.07) is 24.6. The molecule has 0 saturated carbocycles. The number of aliphatic hydroxyl groups excluding tert-OH is 1. The highest BCUT2D eigenvalue weighted by atomic mass is 32.2. The highest BCUT2D eigenvalue weighted by molar-refractivity contribution is 8.00. The number of thioether (sulfide) groups is 1. The largest absolute Gasteiger partial charge is 0.507 e. The summed E-state index contributed by atoms with van der Waals surface area (Å²) in [4.78, 5) is 28.5. The predicted molar refractivity (Wildman–Crippen MR) is 175 cm³/mol. The molecule has 1 saturated heterocycles. The molecule has 5 aromatic rings. The molecular formula is C35H27F2N3O5S2. The number of hydrogen-bond acceptors (Lipinski definition) is 9. The van der Waals surface area contributed by atoms with E-state index in [9.17, 15) is 23.5 Å². The van der Waals surface area contributed by atoms with Gasteiger partial charge in [-0.15, -0.1) is 10.2 Å². The number of aliphatic hydroxyl groups is 1. The monoisotopic (exact) mass is 671 g/mol. The number of anilines is 1. The van der Waals surface area contributed by atoms with E-state index in [0.29, 0.717) is 33.8 Å². The lowest BCUT2D eigenvalue weighted by atomic mass is 9.95. The minimum absolute atomic E-state index is 0.138. The average molecular weight is 672 g/mol. The van der Waals surface area contributed by atoms with Gasteiger partial charge in [-0.2, -0.15) is 0 Å². The minimum Gasteiger partial charge on any atom is -0.507 e. The maximum atomic E-state index is 13.7. The topological polar surface area (TPSA) is 102 Å². The molecule has 12 heteroatoms. The molecule has 0 spiro atoms. The third kappa shape index (κ3) is 7.03. The van der Waals surface area contributed by atoms with Crippen molar-refractivity contribution >= 4 is 45.7 Å². The Balaban J connectivity index is 1.39. The van der Waals surface area contributed by atoms with Gasteiger partial charge in [0.1, 0.15) is 24.0 Å². The summed E-state index contributed by atoms with van der Waals surface area (Å²) in [6.07, 6.45) is 0. The summed E-state index contributed by atoms with van der Waals surface area (Å²) >= 11 is 2.45. The molecule has 0 radical (unpaired) electrons. The SMILES string of the molecule is CCOc1cc(C2/C(=C(\O)c3ccc(F)cc3)C(=O)C(=O)N2c2nnc(SCc3ccc(F)cc3)s2)ccc1OCc1ccccc1. The molecule has 1 amide bonds. The Kier molecular flexibility index (Phi) is 9.60. The van der Waals surface area contributed by atoms with Crippen LogP contribution in [0.15, 0.2) is 107 Å². The first-order chi connectivity index (χ1) is 22.8. The number of benzene rings is 4. The summed E-state index contributed by atoms with van der Waals surface area (Å²) in [5.41, 5.74) is 2.23. The van der Waals surface area contributed by atoms with E-state index in [1.54, 1.807) is 30.3 Å². The molecule has 1 aromatic heterocycles. The van der Waals surface area contributed by atoms with Gasteiger partial charge >= 0.3 is 5.91 Å². The van der Waals surface area contributed by atoms with Gasteiger partial charge in [-0.05, 0) is 72.1 Å². The number of aromatic nitrogens is 2. The Morgan fingerprint density at radius 1 is 0.872 bits per heavy atom. The summed E-state index contributed by atoms with van der Waals surface area (Å²) in [5, 5.41) is 20.0. The second-order valence-corrected chi connectivity index (χ2v) is 12.5. The van der Waals surface area contributed by atoms with E-state index < -0.39 is 29.3 Å². The van der Waals surface area contributed by atoms with Gasteiger partial charge in [0, 0.05) is 11.3 Å². The molecule has 1 N–H and O–H groups in total. The lowest BCUT2D eigenvalue weighted by molar-refractivity contribution is -0.132. The van der Waals surface area contributed by atoms with E-state index in [1.165, 1.54) is 40.9 Å². The molecular weight excluding hydrogens is 645 g/mol. The molecule has 47 heavy (non-hydrogen) atoms. The second-order valence-electron chi connectivity index (χ2n) is 10.4. The van der Waals surface area contributed by atoms with Crippen molar-refractivity contribution in [3.8, 4) is 11.5 Å². The molecule has 1 fully saturated rings.